The van der Waals surface area contributed by atoms with Crippen LogP contribution < -0.4 is 0 Å². The second-order valence-electron chi connectivity index (χ2n) is 9.01. The zero-order valence-electron chi connectivity index (χ0n) is 21.3. The van der Waals surface area contributed by atoms with Crippen molar-refractivity contribution >= 4 is 27.8 Å². The zero-order chi connectivity index (χ0) is 24.5. The minimum absolute atomic E-state index is 0.210. The summed E-state index contributed by atoms with van der Waals surface area (Å²) < 4.78 is 0. The molecule has 0 saturated carbocycles. The summed E-state index contributed by atoms with van der Waals surface area (Å²) in [6, 6.07) is 19.1. The third kappa shape index (κ3) is 7.98. The van der Waals surface area contributed by atoms with Crippen molar-refractivity contribution in [3.8, 4) is 11.1 Å². The molecule has 1 aliphatic rings. The van der Waals surface area contributed by atoms with Gasteiger partial charge in [-0.05, 0) is 11.4 Å². The predicted molar refractivity (Wildman–Crippen MR) is 146 cm³/mol. The van der Waals surface area contributed by atoms with Crippen molar-refractivity contribution in [2.75, 3.05) is 0 Å². The van der Waals surface area contributed by atoms with Crippen LogP contribution in [0.3, 0.4) is 0 Å². The zero-order valence-corrected chi connectivity index (χ0v) is 25.5. The van der Waals surface area contributed by atoms with Crippen molar-refractivity contribution in [1.29, 1.82) is 0 Å². The minimum atomic E-state index is 0.210. The number of hydrogen-bond acceptors (Lipinski definition) is 0. The number of halogens is 1. The van der Waals surface area contributed by atoms with E-state index in [4.69, 9.17) is 11.6 Å². The molecule has 0 aliphatic heterocycles. The van der Waals surface area contributed by atoms with Gasteiger partial charge in [-0.25, -0.2) is 5.57 Å². The van der Waals surface area contributed by atoms with Gasteiger partial charge >= 0.3 is 41.9 Å². The summed E-state index contributed by atoms with van der Waals surface area (Å²) >= 11 is 8.10. The molecule has 0 aromatic heterocycles. The number of benzene rings is 2. The van der Waals surface area contributed by atoms with Gasteiger partial charge in [0, 0.05) is 0 Å². The molecule has 1 atom stereocenters. The molecule has 1 aliphatic carbocycles. The van der Waals surface area contributed by atoms with E-state index in [1.54, 1.807) is 23.3 Å². The van der Waals surface area contributed by atoms with E-state index in [9.17, 15) is 0 Å². The standard InChI is InChI=1S/C19H18Cl.C9H13.C2H6Si.Zr/c1-2-3-8-15-13-17-16(11-7-12-18(17)20)19(15)14-9-5-4-6-10-14;1-6-5-7(2)9(4)8(6)3;1-3-2;/h4-7,9-13H,2-3,8H2,1H3;6H,1-4H3;1-2H3;/q2*-1;;+2. The fourth-order valence-electron chi connectivity index (χ4n) is 3.99. The molecule has 1 unspecified atom stereocenters. The molecule has 0 amide bonds. The SMILES string of the molecule is CC1=[C-]C(C)C(C)=C1C.CCCCc1[cH-]c2c(Cl)cccc2c1-c1ccccc1.C[Si](C)=[Zr+2]. The number of aryl methyl sites for hydroxylation is 1. The van der Waals surface area contributed by atoms with Crippen LogP contribution in [0.15, 0.2) is 71.3 Å². The molecule has 0 spiro atoms. The number of allylic oxidation sites excluding steroid dienone is 4. The summed E-state index contributed by atoms with van der Waals surface area (Å²) in [6.07, 6.45) is 6.90. The van der Waals surface area contributed by atoms with Gasteiger partial charge in [0.2, 0.25) is 0 Å². The van der Waals surface area contributed by atoms with Crippen molar-refractivity contribution in [2.45, 2.75) is 67.0 Å². The van der Waals surface area contributed by atoms with E-state index in [1.807, 2.05) is 12.1 Å². The van der Waals surface area contributed by atoms with E-state index in [0.717, 1.165) is 11.4 Å². The van der Waals surface area contributed by atoms with Crippen LogP contribution in [0.4, 0.5) is 0 Å². The summed E-state index contributed by atoms with van der Waals surface area (Å²) in [7, 11) is 0. The first-order chi connectivity index (χ1) is 15.7. The van der Waals surface area contributed by atoms with E-state index < -0.39 is 0 Å². The van der Waals surface area contributed by atoms with Crippen molar-refractivity contribution in [1.82, 2.24) is 0 Å². The third-order valence-corrected chi connectivity index (χ3v) is 6.39. The van der Waals surface area contributed by atoms with Gasteiger partial charge in [-0.2, -0.15) is 11.1 Å². The first-order valence-corrected chi connectivity index (χ1v) is 18.5. The molecule has 172 valence electrons. The first kappa shape index (κ1) is 28.2. The normalized spacial score (nSPS) is 15.0. The van der Waals surface area contributed by atoms with Crippen LogP contribution in [0.5, 0.6) is 0 Å². The van der Waals surface area contributed by atoms with Gasteiger partial charge in [0.15, 0.2) is 0 Å². The van der Waals surface area contributed by atoms with Gasteiger partial charge in [-0.15, -0.1) is 52.6 Å². The quantitative estimate of drug-likeness (QED) is 0.223. The average molecular weight is 552 g/mol. The second kappa shape index (κ2) is 13.7. The summed E-state index contributed by atoms with van der Waals surface area (Å²) in [5.74, 6) is 0.560. The van der Waals surface area contributed by atoms with Gasteiger partial charge in [0.1, 0.15) is 0 Å². The molecule has 0 nitrogen and oxygen atoms in total. The van der Waals surface area contributed by atoms with E-state index in [1.165, 1.54) is 57.0 Å². The average Bonchev–Trinajstić information content (AvgIpc) is 3.26. The Labute approximate surface area is 221 Å². The molecule has 0 fully saturated rings. The molecule has 0 heterocycles. The van der Waals surface area contributed by atoms with Gasteiger partial charge in [0.25, 0.3) is 0 Å². The van der Waals surface area contributed by atoms with Gasteiger partial charge < -0.3 is 0 Å². The van der Waals surface area contributed by atoms with Gasteiger partial charge in [0.05, 0.1) is 0 Å². The summed E-state index contributed by atoms with van der Waals surface area (Å²) in [4.78, 5) is 0. The second-order valence-corrected chi connectivity index (χ2v) is 18.8. The van der Waals surface area contributed by atoms with Gasteiger partial charge in [-0.1, -0.05) is 94.5 Å². The van der Waals surface area contributed by atoms with Crippen LogP contribution in [0.25, 0.3) is 21.9 Å². The van der Waals surface area contributed by atoms with E-state index >= 15 is 0 Å². The van der Waals surface area contributed by atoms with Crippen LogP contribution in [0, 0.1) is 12.0 Å². The summed E-state index contributed by atoms with van der Waals surface area (Å²) in [5, 5.41) is 3.30. The van der Waals surface area contributed by atoms with Crippen LogP contribution in [0.2, 0.25) is 18.1 Å². The van der Waals surface area contributed by atoms with Crippen molar-refractivity contribution in [3.63, 3.8) is 0 Å². The van der Waals surface area contributed by atoms with E-state index in [-0.39, 0.29) is 5.43 Å². The predicted octanol–water partition coefficient (Wildman–Crippen LogP) is 9.73. The Morgan fingerprint density at radius 3 is 2.15 bits per heavy atom. The third-order valence-electron chi connectivity index (χ3n) is 6.06. The van der Waals surface area contributed by atoms with Gasteiger partial charge in [-0.3, -0.25) is 6.08 Å². The maximum atomic E-state index is 6.36. The Hall–Kier alpha value is -1.08. The number of rotatable bonds is 4. The molecule has 0 bridgehead atoms. The maximum absolute atomic E-state index is 6.36. The van der Waals surface area contributed by atoms with Crippen molar-refractivity contribution in [3.05, 3.63) is 88.0 Å². The van der Waals surface area contributed by atoms with Crippen molar-refractivity contribution < 1.29 is 23.3 Å². The Kier molecular flexibility index (Phi) is 11.7. The fraction of sp³-hybridized carbons (Fsp3) is 0.367. The first-order valence-electron chi connectivity index (χ1n) is 11.9. The summed E-state index contributed by atoms with van der Waals surface area (Å²) in [6.45, 7) is 15.5. The number of unbranched alkanes of at least 4 members (excludes halogenated alkanes) is 1. The molecule has 0 radical (unpaired) electrons. The Morgan fingerprint density at radius 2 is 1.67 bits per heavy atom. The number of fused-ring (bicyclic) bond motifs is 1. The molecule has 3 heteroatoms. The molecule has 3 aromatic carbocycles. The monoisotopic (exact) mass is 550 g/mol. The Morgan fingerprint density at radius 1 is 1.03 bits per heavy atom. The fourth-order valence-corrected chi connectivity index (χ4v) is 4.22. The molecular weight excluding hydrogens is 515 g/mol. The van der Waals surface area contributed by atoms with Crippen LogP contribution in [-0.2, 0) is 29.8 Å². The molecule has 4 rings (SSSR count). The van der Waals surface area contributed by atoms with Crippen LogP contribution >= 0.6 is 11.6 Å². The van der Waals surface area contributed by atoms with E-state index in [2.05, 4.69) is 96.3 Å². The number of hydrogen-bond donors (Lipinski definition) is 0. The molecule has 33 heavy (non-hydrogen) atoms. The molecule has 3 aromatic rings. The molecule has 0 N–H and O–H groups in total. The van der Waals surface area contributed by atoms with Crippen molar-refractivity contribution in [2.24, 2.45) is 5.92 Å². The van der Waals surface area contributed by atoms with Crippen LogP contribution in [0.1, 0.15) is 53.0 Å². The Bertz CT molecular complexity index is 1130. The topological polar surface area (TPSA) is 0 Å². The van der Waals surface area contributed by atoms with Crippen LogP contribution in [-0.4, -0.2) is 5.43 Å². The molecule has 0 saturated heterocycles. The Balaban J connectivity index is 0.000000246. The van der Waals surface area contributed by atoms with E-state index in [0.29, 0.717) is 5.92 Å². The molecular formula is C30H37ClSiZr. The summed E-state index contributed by atoms with van der Waals surface area (Å²) in [5.41, 5.74) is 8.52.